The topological polar surface area (TPSA) is 68.0 Å². The first-order chi connectivity index (χ1) is 7.08. The average molecular weight is 270 g/mol. The van der Waals surface area contributed by atoms with E-state index < -0.39 is 5.97 Å². The first kappa shape index (κ1) is 10.1. The molecule has 0 amide bonds. The molecule has 0 saturated carbocycles. The van der Waals surface area contributed by atoms with Crippen LogP contribution < -0.4 is 0 Å². The summed E-state index contributed by atoms with van der Waals surface area (Å²) >= 11 is 3.29. The maximum Gasteiger partial charge on any atom is 0.323 e. The molecule has 0 radical (unpaired) electrons. The standard InChI is InChI=1S/C9H8BrN3O2/c1-5-12-9-7(2-6(10)3-11-9)13(5)4-8(14)15/h2-3H,4H2,1H3,(H,14,15). The summed E-state index contributed by atoms with van der Waals surface area (Å²) in [5.74, 6) is -0.240. The van der Waals surface area contributed by atoms with Crippen LogP contribution in [-0.2, 0) is 11.3 Å². The average Bonchev–Trinajstić information content (AvgIpc) is 2.43. The molecule has 5 nitrogen and oxygen atoms in total. The molecule has 2 heterocycles. The van der Waals surface area contributed by atoms with Crippen LogP contribution in [0.3, 0.4) is 0 Å². The van der Waals surface area contributed by atoms with Gasteiger partial charge in [-0.1, -0.05) is 0 Å². The maximum absolute atomic E-state index is 10.7. The van der Waals surface area contributed by atoms with Crippen molar-refractivity contribution in [1.29, 1.82) is 0 Å². The summed E-state index contributed by atoms with van der Waals surface area (Å²) in [6, 6.07) is 1.81. The Morgan fingerprint density at radius 3 is 3.07 bits per heavy atom. The van der Waals surface area contributed by atoms with Gasteiger partial charge in [0, 0.05) is 10.7 Å². The van der Waals surface area contributed by atoms with Gasteiger partial charge in [-0.25, -0.2) is 9.97 Å². The number of aliphatic carboxylic acids is 1. The van der Waals surface area contributed by atoms with E-state index in [0.29, 0.717) is 11.5 Å². The highest BCUT2D eigenvalue weighted by Gasteiger charge is 2.11. The molecule has 1 N–H and O–H groups in total. The smallest absolute Gasteiger partial charge is 0.323 e. The third-order valence-corrected chi connectivity index (χ3v) is 2.49. The summed E-state index contributed by atoms with van der Waals surface area (Å²) in [5, 5.41) is 8.76. The highest BCUT2D eigenvalue weighted by molar-refractivity contribution is 9.10. The molecule has 0 aliphatic heterocycles. The fourth-order valence-corrected chi connectivity index (χ4v) is 1.75. The van der Waals surface area contributed by atoms with Crippen molar-refractivity contribution < 1.29 is 9.90 Å². The number of aryl methyl sites for hydroxylation is 1. The van der Waals surface area contributed by atoms with E-state index in [4.69, 9.17) is 5.11 Å². The number of carbonyl (C=O) groups is 1. The molecule has 0 fully saturated rings. The van der Waals surface area contributed by atoms with E-state index in [1.54, 1.807) is 17.7 Å². The van der Waals surface area contributed by atoms with Gasteiger partial charge in [0.15, 0.2) is 5.65 Å². The number of hydrogen-bond donors (Lipinski definition) is 1. The van der Waals surface area contributed by atoms with Crippen LogP contribution in [0.15, 0.2) is 16.7 Å². The van der Waals surface area contributed by atoms with Gasteiger partial charge >= 0.3 is 5.97 Å². The summed E-state index contributed by atoms with van der Waals surface area (Å²) in [5.41, 5.74) is 1.29. The van der Waals surface area contributed by atoms with Crippen molar-refractivity contribution in [2.75, 3.05) is 0 Å². The molecular weight excluding hydrogens is 262 g/mol. The van der Waals surface area contributed by atoms with Crippen LogP contribution in [0.2, 0.25) is 0 Å². The minimum absolute atomic E-state index is 0.0968. The predicted molar refractivity (Wildman–Crippen MR) is 57.6 cm³/mol. The lowest BCUT2D eigenvalue weighted by Crippen LogP contribution is -2.09. The number of nitrogens with zero attached hydrogens (tertiary/aromatic N) is 3. The molecule has 0 spiro atoms. The predicted octanol–water partition coefficient (Wildman–Crippen LogP) is 1.59. The Hall–Kier alpha value is -1.43. The molecule has 0 saturated heterocycles. The van der Waals surface area contributed by atoms with Gasteiger partial charge in [-0.2, -0.15) is 0 Å². The van der Waals surface area contributed by atoms with Gasteiger partial charge in [0.1, 0.15) is 12.4 Å². The van der Waals surface area contributed by atoms with Gasteiger partial charge in [0.05, 0.1) is 5.52 Å². The van der Waals surface area contributed by atoms with Gasteiger partial charge < -0.3 is 9.67 Å². The largest absolute Gasteiger partial charge is 0.480 e. The number of halogens is 1. The van der Waals surface area contributed by atoms with E-state index in [2.05, 4.69) is 25.9 Å². The zero-order chi connectivity index (χ0) is 11.0. The Morgan fingerprint density at radius 1 is 1.67 bits per heavy atom. The quantitative estimate of drug-likeness (QED) is 0.899. The van der Waals surface area contributed by atoms with Crippen LogP contribution in [0.1, 0.15) is 5.82 Å². The molecule has 0 aromatic carbocycles. The Kier molecular flexibility index (Phi) is 2.44. The van der Waals surface area contributed by atoms with Gasteiger partial charge in [-0.05, 0) is 28.9 Å². The number of pyridine rings is 1. The van der Waals surface area contributed by atoms with Crippen LogP contribution >= 0.6 is 15.9 Å². The molecule has 0 aliphatic rings. The molecular formula is C9H8BrN3O2. The van der Waals surface area contributed by atoms with Gasteiger partial charge in [0.25, 0.3) is 0 Å². The zero-order valence-corrected chi connectivity index (χ0v) is 9.52. The van der Waals surface area contributed by atoms with Crippen molar-refractivity contribution in [2.24, 2.45) is 0 Å². The van der Waals surface area contributed by atoms with E-state index in [9.17, 15) is 4.79 Å². The Labute approximate surface area is 93.9 Å². The molecule has 2 aromatic heterocycles. The monoisotopic (exact) mass is 269 g/mol. The zero-order valence-electron chi connectivity index (χ0n) is 7.94. The number of hydrogen-bond acceptors (Lipinski definition) is 3. The van der Waals surface area contributed by atoms with Crippen molar-refractivity contribution in [3.8, 4) is 0 Å². The fourth-order valence-electron chi connectivity index (χ4n) is 1.43. The van der Waals surface area contributed by atoms with E-state index in [1.165, 1.54) is 0 Å². The lowest BCUT2D eigenvalue weighted by atomic mass is 10.4. The molecule has 0 aliphatic carbocycles. The van der Waals surface area contributed by atoms with Crippen molar-refractivity contribution in [3.63, 3.8) is 0 Å². The van der Waals surface area contributed by atoms with E-state index in [0.717, 1.165) is 9.99 Å². The number of imidazole rings is 1. The third kappa shape index (κ3) is 1.85. The Morgan fingerprint density at radius 2 is 2.40 bits per heavy atom. The molecule has 6 heteroatoms. The van der Waals surface area contributed by atoms with Crippen LogP contribution in [-0.4, -0.2) is 25.6 Å². The second kappa shape index (κ2) is 3.62. The summed E-state index contributed by atoms with van der Waals surface area (Å²) in [4.78, 5) is 18.9. The molecule has 0 atom stereocenters. The van der Waals surface area contributed by atoms with Gasteiger partial charge in [-0.3, -0.25) is 4.79 Å². The number of carboxylic acids is 1. The highest BCUT2D eigenvalue weighted by Crippen LogP contribution is 2.18. The van der Waals surface area contributed by atoms with Crippen LogP contribution in [0, 0.1) is 6.92 Å². The summed E-state index contributed by atoms with van der Waals surface area (Å²) < 4.78 is 2.43. The number of fused-ring (bicyclic) bond motifs is 1. The first-order valence-corrected chi connectivity index (χ1v) is 5.07. The summed E-state index contributed by atoms with van der Waals surface area (Å²) in [6.45, 7) is 1.67. The van der Waals surface area contributed by atoms with Crippen molar-refractivity contribution in [1.82, 2.24) is 14.5 Å². The molecule has 15 heavy (non-hydrogen) atoms. The second-order valence-electron chi connectivity index (χ2n) is 3.14. The Balaban J connectivity index is 2.65. The van der Waals surface area contributed by atoms with Crippen molar-refractivity contribution in [3.05, 3.63) is 22.6 Å². The fraction of sp³-hybridized carbons (Fsp3) is 0.222. The lowest BCUT2D eigenvalue weighted by molar-refractivity contribution is -0.137. The molecule has 0 bridgehead atoms. The first-order valence-electron chi connectivity index (χ1n) is 4.28. The minimum atomic E-state index is -0.891. The van der Waals surface area contributed by atoms with E-state index in [1.807, 2.05) is 6.07 Å². The summed E-state index contributed by atoms with van der Waals surface area (Å²) in [7, 11) is 0. The lowest BCUT2D eigenvalue weighted by Gasteiger charge is -2.01. The number of rotatable bonds is 2. The SMILES string of the molecule is Cc1nc2ncc(Br)cc2n1CC(=O)O. The normalized spacial score (nSPS) is 10.8. The maximum atomic E-state index is 10.7. The van der Waals surface area contributed by atoms with Gasteiger partial charge in [0.2, 0.25) is 0 Å². The number of aromatic nitrogens is 3. The molecule has 78 valence electrons. The molecule has 0 unspecified atom stereocenters. The second-order valence-corrected chi connectivity index (χ2v) is 4.05. The number of carboxylic acid groups (broad SMARTS) is 1. The van der Waals surface area contributed by atoms with Crippen molar-refractivity contribution >= 4 is 33.1 Å². The van der Waals surface area contributed by atoms with E-state index >= 15 is 0 Å². The van der Waals surface area contributed by atoms with Crippen molar-refractivity contribution in [2.45, 2.75) is 13.5 Å². The minimum Gasteiger partial charge on any atom is -0.480 e. The summed E-state index contributed by atoms with van der Waals surface area (Å²) in [6.07, 6.45) is 1.64. The third-order valence-electron chi connectivity index (χ3n) is 2.06. The van der Waals surface area contributed by atoms with Gasteiger partial charge in [-0.15, -0.1) is 0 Å². The molecule has 2 aromatic rings. The van der Waals surface area contributed by atoms with Crippen LogP contribution in [0.25, 0.3) is 11.2 Å². The molecule has 2 rings (SSSR count). The Bertz CT molecular complexity index is 535. The van der Waals surface area contributed by atoms with E-state index in [-0.39, 0.29) is 6.54 Å². The highest BCUT2D eigenvalue weighted by atomic mass is 79.9. The van der Waals surface area contributed by atoms with Crippen LogP contribution in [0.4, 0.5) is 0 Å². The van der Waals surface area contributed by atoms with Crippen LogP contribution in [0.5, 0.6) is 0 Å².